The van der Waals surface area contributed by atoms with Crippen LogP contribution >= 0.6 is 0 Å². The zero-order valence-corrected chi connectivity index (χ0v) is 18.2. The SMILES string of the molecule is Cn1cc(CCNC(=O)N2CCN(Cc3cn4ccccc4n3)CC2)c2ccc(F)cc21. The Kier molecular flexibility index (Phi) is 5.53. The number of benzene rings is 1. The van der Waals surface area contributed by atoms with Crippen molar-refractivity contribution in [3.63, 3.8) is 0 Å². The van der Waals surface area contributed by atoms with Crippen LogP contribution in [-0.2, 0) is 20.0 Å². The third-order valence-corrected chi connectivity index (χ3v) is 6.16. The molecule has 0 atom stereocenters. The lowest BCUT2D eigenvalue weighted by atomic mass is 10.1. The first-order valence-electron chi connectivity index (χ1n) is 11.0. The van der Waals surface area contributed by atoms with E-state index in [9.17, 15) is 9.18 Å². The van der Waals surface area contributed by atoms with Crippen LogP contribution in [0.4, 0.5) is 9.18 Å². The highest BCUT2D eigenvalue weighted by Crippen LogP contribution is 2.22. The standard InChI is InChI=1S/C24H27FN6O/c1-28-15-18(21-6-5-19(25)14-22(21)28)7-8-26-24(32)30-12-10-29(11-13-30)16-20-17-31-9-3-2-4-23(31)27-20/h2-6,9,14-15,17H,7-8,10-13,16H2,1H3,(H,26,32). The number of aromatic nitrogens is 3. The molecule has 2 amide bonds. The molecule has 166 valence electrons. The molecule has 0 aliphatic carbocycles. The molecule has 4 aromatic rings. The van der Waals surface area contributed by atoms with Crippen LogP contribution in [0.25, 0.3) is 16.6 Å². The average molecular weight is 435 g/mol. The van der Waals surface area contributed by atoms with Crippen LogP contribution in [0.1, 0.15) is 11.3 Å². The van der Waals surface area contributed by atoms with Gasteiger partial charge in [-0.2, -0.15) is 0 Å². The molecule has 5 rings (SSSR count). The molecular weight excluding hydrogens is 407 g/mol. The number of halogens is 1. The van der Waals surface area contributed by atoms with E-state index in [1.165, 1.54) is 6.07 Å². The minimum atomic E-state index is -0.237. The minimum Gasteiger partial charge on any atom is -0.350 e. The van der Waals surface area contributed by atoms with Crippen molar-refractivity contribution in [1.82, 2.24) is 29.1 Å². The molecule has 1 N–H and O–H groups in total. The lowest BCUT2D eigenvalue weighted by Gasteiger charge is -2.34. The van der Waals surface area contributed by atoms with E-state index in [2.05, 4.69) is 21.4 Å². The summed E-state index contributed by atoms with van der Waals surface area (Å²) in [6.07, 6.45) is 6.79. The molecule has 4 heterocycles. The molecule has 1 aliphatic rings. The molecule has 0 saturated carbocycles. The number of nitrogens with zero attached hydrogens (tertiary/aromatic N) is 5. The second-order valence-electron chi connectivity index (χ2n) is 8.37. The summed E-state index contributed by atoms with van der Waals surface area (Å²) < 4.78 is 17.5. The summed E-state index contributed by atoms with van der Waals surface area (Å²) in [4.78, 5) is 21.5. The van der Waals surface area contributed by atoms with Gasteiger partial charge in [-0.05, 0) is 42.3 Å². The monoisotopic (exact) mass is 434 g/mol. The van der Waals surface area contributed by atoms with E-state index in [1.54, 1.807) is 6.07 Å². The van der Waals surface area contributed by atoms with Gasteiger partial charge in [0.1, 0.15) is 11.5 Å². The van der Waals surface area contributed by atoms with Crippen molar-refractivity contribution >= 4 is 22.6 Å². The number of hydrogen-bond donors (Lipinski definition) is 1. The van der Waals surface area contributed by atoms with Gasteiger partial charge in [0.15, 0.2) is 0 Å². The number of amides is 2. The number of carbonyl (C=O) groups is 1. The van der Waals surface area contributed by atoms with Crippen molar-refractivity contribution in [2.24, 2.45) is 7.05 Å². The number of fused-ring (bicyclic) bond motifs is 2. The molecule has 0 radical (unpaired) electrons. The van der Waals surface area contributed by atoms with Crippen LogP contribution in [-0.4, -0.2) is 62.5 Å². The maximum absolute atomic E-state index is 13.5. The van der Waals surface area contributed by atoms with E-state index >= 15 is 0 Å². The molecule has 1 aromatic carbocycles. The normalized spacial score (nSPS) is 15.0. The molecule has 0 bridgehead atoms. The lowest BCUT2D eigenvalue weighted by Crippen LogP contribution is -2.51. The molecule has 8 heteroatoms. The molecule has 0 unspecified atom stereocenters. The molecule has 1 fully saturated rings. The summed E-state index contributed by atoms with van der Waals surface area (Å²) in [7, 11) is 1.91. The van der Waals surface area contributed by atoms with E-state index in [0.29, 0.717) is 26.1 Å². The Morgan fingerprint density at radius 2 is 1.97 bits per heavy atom. The number of rotatable bonds is 5. The lowest BCUT2D eigenvalue weighted by molar-refractivity contribution is 0.134. The number of piperazine rings is 1. The Bertz CT molecular complexity index is 1220. The Morgan fingerprint density at radius 3 is 2.78 bits per heavy atom. The van der Waals surface area contributed by atoms with Gasteiger partial charge in [-0.1, -0.05) is 6.07 Å². The quantitative estimate of drug-likeness (QED) is 0.525. The van der Waals surface area contributed by atoms with Gasteiger partial charge in [-0.3, -0.25) is 4.90 Å². The van der Waals surface area contributed by atoms with Gasteiger partial charge in [0.2, 0.25) is 0 Å². The summed E-state index contributed by atoms with van der Waals surface area (Å²) in [5.74, 6) is -0.237. The first-order chi connectivity index (χ1) is 15.6. The second kappa shape index (κ2) is 8.63. The van der Waals surface area contributed by atoms with Crippen LogP contribution in [0.15, 0.2) is 55.0 Å². The fourth-order valence-electron chi connectivity index (χ4n) is 4.46. The molecule has 1 saturated heterocycles. The number of urea groups is 1. The minimum absolute atomic E-state index is 0.0244. The highest BCUT2D eigenvalue weighted by Gasteiger charge is 2.21. The van der Waals surface area contributed by atoms with E-state index in [-0.39, 0.29) is 11.8 Å². The smallest absolute Gasteiger partial charge is 0.317 e. The van der Waals surface area contributed by atoms with Gasteiger partial charge in [0.05, 0.1) is 11.2 Å². The number of hydrogen-bond acceptors (Lipinski definition) is 3. The third kappa shape index (κ3) is 4.18. The summed E-state index contributed by atoms with van der Waals surface area (Å²) in [5, 5.41) is 4.07. The number of nitrogens with one attached hydrogen (secondary N) is 1. The number of pyridine rings is 1. The van der Waals surface area contributed by atoms with E-state index in [1.807, 2.05) is 57.6 Å². The number of carbonyl (C=O) groups excluding carboxylic acids is 1. The van der Waals surface area contributed by atoms with E-state index in [4.69, 9.17) is 0 Å². The summed E-state index contributed by atoms with van der Waals surface area (Å²) in [5.41, 5.74) is 3.98. The Morgan fingerprint density at radius 1 is 1.12 bits per heavy atom. The number of aryl methyl sites for hydroxylation is 1. The van der Waals surface area contributed by atoms with Gasteiger partial charge in [0, 0.05) is 70.3 Å². The van der Waals surface area contributed by atoms with Gasteiger partial charge >= 0.3 is 6.03 Å². The van der Waals surface area contributed by atoms with Crippen LogP contribution in [0, 0.1) is 5.82 Å². The predicted molar refractivity (Wildman–Crippen MR) is 122 cm³/mol. The van der Waals surface area contributed by atoms with Crippen molar-refractivity contribution < 1.29 is 9.18 Å². The van der Waals surface area contributed by atoms with E-state index < -0.39 is 0 Å². The largest absolute Gasteiger partial charge is 0.350 e. The van der Waals surface area contributed by atoms with Crippen molar-refractivity contribution in [3.05, 3.63) is 72.1 Å². The first-order valence-corrected chi connectivity index (χ1v) is 11.0. The highest BCUT2D eigenvalue weighted by molar-refractivity contribution is 5.84. The summed E-state index contributed by atoms with van der Waals surface area (Å²) in [6.45, 7) is 4.40. The summed E-state index contributed by atoms with van der Waals surface area (Å²) >= 11 is 0. The van der Waals surface area contributed by atoms with Crippen molar-refractivity contribution in [2.45, 2.75) is 13.0 Å². The van der Waals surface area contributed by atoms with Gasteiger partial charge in [0.25, 0.3) is 0 Å². The third-order valence-electron chi connectivity index (χ3n) is 6.16. The van der Waals surface area contributed by atoms with Crippen LogP contribution in [0.3, 0.4) is 0 Å². The Balaban J connectivity index is 1.10. The van der Waals surface area contributed by atoms with Crippen LogP contribution in [0.2, 0.25) is 0 Å². The van der Waals surface area contributed by atoms with Crippen LogP contribution in [0.5, 0.6) is 0 Å². The fourth-order valence-corrected chi connectivity index (χ4v) is 4.46. The van der Waals surface area contributed by atoms with Crippen molar-refractivity contribution in [1.29, 1.82) is 0 Å². The molecule has 1 aliphatic heterocycles. The predicted octanol–water partition coefficient (Wildman–Crippen LogP) is 3.04. The zero-order chi connectivity index (χ0) is 22.1. The fraction of sp³-hybridized carbons (Fsp3) is 0.333. The van der Waals surface area contributed by atoms with Gasteiger partial charge in [-0.15, -0.1) is 0 Å². The average Bonchev–Trinajstić information content (AvgIpc) is 3.34. The van der Waals surface area contributed by atoms with Gasteiger partial charge in [-0.25, -0.2) is 14.2 Å². The molecule has 32 heavy (non-hydrogen) atoms. The topological polar surface area (TPSA) is 57.8 Å². The maximum Gasteiger partial charge on any atom is 0.317 e. The van der Waals surface area contributed by atoms with Crippen LogP contribution < -0.4 is 5.32 Å². The summed E-state index contributed by atoms with van der Waals surface area (Å²) in [6, 6.07) is 10.8. The molecule has 0 spiro atoms. The van der Waals surface area contributed by atoms with E-state index in [0.717, 1.165) is 47.4 Å². The van der Waals surface area contributed by atoms with Crippen molar-refractivity contribution in [2.75, 3.05) is 32.7 Å². The molecular formula is C24H27FN6O. The molecule has 3 aromatic heterocycles. The zero-order valence-electron chi connectivity index (χ0n) is 18.2. The second-order valence-corrected chi connectivity index (χ2v) is 8.37. The Hall–Kier alpha value is -3.39. The van der Waals surface area contributed by atoms with Crippen molar-refractivity contribution in [3.8, 4) is 0 Å². The molecule has 7 nitrogen and oxygen atoms in total. The van der Waals surface area contributed by atoms with Gasteiger partial charge < -0.3 is 19.2 Å². The number of imidazole rings is 1. The highest BCUT2D eigenvalue weighted by atomic mass is 19.1. The maximum atomic E-state index is 13.5. The Labute approximate surface area is 186 Å². The first kappa shape index (κ1) is 20.5.